The molecule has 0 fully saturated rings. The van der Waals surface area contributed by atoms with Crippen LogP contribution in [-0.2, 0) is 30.8 Å². The first-order chi connectivity index (χ1) is 14.5. The van der Waals surface area contributed by atoms with Crippen molar-refractivity contribution < 1.29 is 4.79 Å². The van der Waals surface area contributed by atoms with Gasteiger partial charge in [0, 0.05) is 35.9 Å². The molecule has 7 heteroatoms. The van der Waals surface area contributed by atoms with Crippen molar-refractivity contribution in [3.05, 3.63) is 91.8 Å². The number of nitrogens with zero attached hydrogens (tertiary/aromatic N) is 3. The smallest absolute Gasteiger partial charge is 0.255 e. The summed E-state index contributed by atoms with van der Waals surface area (Å²) in [6.07, 6.45) is 0.883. The highest BCUT2D eigenvalue weighted by molar-refractivity contribution is 9.10. The number of amides is 1. The predicted octanol–water partition coefficient (Wildman–Crippen LogP) is 3.19. The van der Waals surface area contributed by atoms with Gasteiger partial charge in [-0.25, -0.2) is 4.98 Å². The summed E-state index contributed by atoms with van der Waals surface area (Å²) in [5.41, 5.74) is 3.96. The zero-order valence-electron chi connectivity index (χ0n) is 16.8. The van der Waals surface area contributed by atoms with Gasteiger partial charge in [-0.15, -0.1) is 0 Å². The van der Waals surface area contributed by atoms with Crippen LogP contribution in [0.15, 0.2) is 63.9 Å². The van der Waals surface area contributed by atoms with Gasteiger partial charge in [-0.1, -0.05) is 58.4 Å². The second-order valence-corrected chi connectivity index (χ2v) is 8.28. The van der Waals surface area contributed by atoms with Crippen LogP contribution in [0.4, 0.5) is 5.95 Å². The van der Waals surface area contributed by atoms with E-state index in [1.807, 2.05) is 36.4 Å². The molecular weight excluding hydrogens is 444 g/mol. The molecule has 30 heavy (non-hydrogen) atoms. The SMILES string of the molecule is Cc1cc(=O)n(CC(=O)NCc2ccccc2Br)c(N2CCc3ccccc3C2)n1. The predicted molar refractivity (Wildman–Crippen MR) is 120 cm³/mol. The third kappa shape index (κ3) is 4.46. The number of hydrogen-bond donors (Lipinski definition) is 1. The van der Waals surface area contributed by atoms with Gasteiger partial charge in [-0.2, -0.15) is 0 Å². The van der Waals surface area contributed by atoms with Crippen LogP contribution in [0.2, 0.25) is 0 Å². The van der Waals surface area contributed by atoms with Gasteiger partial charge in [0.15, 0.2) is 0 Å². The molecule has 4 rings (SSSR count). The van der Waals surface area contributed by atoms with E-state index in [1.165, 1.54) is 21.8 Å². The number of fused-ring (bicyclic) bond motifs is 1. The molecule has 1 aromatic heterocycles. The molecule has 1 aliphatic heterocycles. The van der Waals surface area contributed by atoms with Gasteiger partial charge in [0.2, 0.25) is 11.9 Å². The van der Waals surface area contributed by atoms with Gasteiger partial charge < -0.3 is 10.2 Å². The fraction of sp³-hybridized carbons (Fsp3) is 0.261. The second kappa shape index (κ2) is 8.83. The first kappa shape index (κ1) is 20.3. The van der Waals surface area contributed by atoms with Crippen LogP contribution >= 0.6 is 15.9 Å². The van der Waals surface area contributed by atoms with Crippen molar-refractivity contribution in [1.82, 2.24) is 14.9 Å². The molecule has 0 aliphatic carbocycles. The highest BCUT2D eigenvalue weighted by Gasteiger charge is 2.21. The maximum absolute atomic E-state index is 12.7. The van der Waals surface area contributed by atoms with E-state index in [9.17, 15) is 9.59 Å². The van der Waals surface area contributed by atoms with Gasteiger partial charge in [0.25, 0.3) is 5.56 Å². The summed E-state index contributed by atoms with van der Waals surface area (Å²) in [4.78, 5) is 32.1. The lowest BCUT2D eigenvalue weighted by Gasteiger charge is -2.31. The number of hydrogen-bond acceptors (Lipinski definition) is 4. The Labute approximate surface area is 183 Å². The fourth-order valence-corrected chi connectivity index (χ4v) is 4.12. The molecule has 0 radical (unpaired) electrons. The van der Waals surface area contributed by atoms with E-state index in [2.05, 4.69) is 43.3 Å². The van der Waals surface area contributed by atoms with Gasteiger partial charge >= 0.3 is 0 Å². The minimum Gasteiger partial charge on any atom is -0.350 e. The molecule has 1 aliphatic rings. The Balaban J connectivity index is 1.54. The molecule has 2 heterocycles. The molecule has 3 aromatic rings. The van der Waals surface area contributed by atoms with Crippen LogP contribution in [0.1, 0.15) is 22.4 Å². The molecule has 6 nitrogen and oxygen atoms in total. The van der Waals surface area contributed by atoms with Crippen LogP contribution in [0.5, 0.6) is 0 Å². The van der Waals surface area contributed by atoms with Crippen molar-refractivity contribution in [3.63, 3.8) is 0 Å². The monoisotopic (exact) mass is 466 g/mol. The van der Waals surface area contributed by atoms with Crippen molar-refractivity contribution >= 4 is 27.8 Å². The Hall–Kier alpha value is -2.93. The third-order valence-electron chi connectivity index (χ3n) is 5.27. The normalized spacial score (nSPS) is 13.1. The number of rotatable bonds is 5. The number of benzene rings is 2. The van der Waals surface area contributed by atoms with E-state index in [4.69, 9.17) is 0 Å². The summed E-state index contributed by atoms with van der Waals surface area (Å²) in [6, 6.07) is 17.5. The number of carbonyl (C=O) groups is 1. The molecule has 154 valence electrons. The first-order valence-electron chi connectivity index (χ1n) is 9.91. The van der Waals surface area contributed by atoms with Crippen LogP contribution in [0.25, 0.3) is 0 Å². The zero-order chi connectivity index (χ0) is 21.1. The summed E-state index contributed by atoms with van der Waals surface area (Å²) in [5.74, 6) is 0.322. The van der Waals surface area contributed by atoms with E-state index in [0.29, 0.717) is 24.7 Å². The van der Waals surface area contributed by atoms with Crippen LogP contribution in [0.3, 0.4) is 0 Å². The Morgan fingerprint density at radius 2 is 1.87 bits per heavy atom. The van der Waals surface area contributed by atoms with Crippen LogP contribution in [0, 0.1) is 6.92 Å². The van der Waals surface area contributed by atoms with Gasteiger partial charge in [-0.05, 0) is 36.1 Å². The number of aryl methyl sites for hydroxylation is 1. The largest absolute Gasteiger partial charge is 0.350 e. The maximum Gasteiger partial charge on any atom is 0.255 e. The summed E-state index contributed by atoms with van der Waals surface area (Å²) < 4.78 is 2.41. The molecule has 0 saturated carbocycles. The number of halogens is 1. The molecule has 0 bridgehead atoms. The van der Waals surface area contributed by atoms with Crippen LogP contribution in [-0.4, -0.2) is 22.0 Å². The average molecular weight is 467 g/mol. The molecule has 0 spiro atoms. The minimum absolute atomic E-state index is 0.0654. The molecular formula is C23H23BrN4O2. The van der Waals surface area contributed by atoms with Crippen molar-refractivity contribution in [1.29, 1.82) is 0 Å². The Morgan fingerprint density at radius 3 is 2.67 bits per heavy atom. The van der Waals surface area contributed by atoms with Crippen molar-refractivity contribution in [2.75, 3.05) is 11.4 Å². The Morgan fingerprint density at radius 1 is 1.13 bits per heavy atom. The third-order valence-corrected chi connectivity index (χ3v) is 6.04. The van der Waals surface area contributed by atoms with Crippen molar-refractivity contribution in [2.45, 2.75) is 33.0 Å². The first-order valence-corrected chi connectivity index (χ1v) is 10.7. The molecule has 0 unspecified atom stereocenters. The van der Waals surface area contributed by atoms with E-state index in [0.717, 1.165) is 23.0 Å². The highest BCUT2D eigenvalue weighted by atomic mass is 79.9. The van der Waals surface area contributed by atoms with Crippen molar-refractivity contribution in [3.8, 4) is 0 Å². The zero-order valence-corrected chi connectivity index (χ0v) is 18.4. The van der Waals surface area contributed by atoms with Gasteiger partial charge in [0.1, 0.15) is 6.54 Å². The Kier molecular flexibility index (Phi) is 5.99. The lowest BCUT2D eigenvalue weighted by molar-refractivity contribution is -0.121. The lowest BCUT2D eigenvalue weighted by atomic mass is 10.0. The quantitative estimate of drug-likeness (QED) is 0.626. The summed E-state index contributed by atoms with van der Waals surface area (Å²) >= 11 is 3.49. The van der Waals surface area contributed by atoms with Gasteiger partial charge in [-0.3, -0.25) is 14.2 Å². The topological polar surface area (TPSA) is 67.2 Å². The molecule has 1 N–H and O–H groups in total. The number of anilines is 1. The maximum atomic E-state index is 12.7. The molecule has 2 aromatic carbocycles. The van der Waals surface area contributed by atoms with Crippen molar-refractivity contribution in [2.24, 2.45) is 0 Å². The van der Waals surface area contributed by atoms with E-state index in [1.54, 1.807) is 6.92 Å². The van der Waals surface area contributed by atoms with E-state index < -0.39 is 0 Å². The Bertz CT molecular complexity index is 1140. The summed E-state index contributed by atoms with van der Waals surface area (Å²) in [6.45, 7) is 3.56. The molecule has 1 amide bonds. The fourth-order valence-electron chi connectivity index (χ4n) is 3.70. The molecule has 0 saturated heterocycles. The highest BCUT2D eigenvalue weighted by Crippen LogP contribution is 2.22. The summed E-state index contributed by atoms with van der Waals surface area (Å²) in [5, 5.41) is 2.90. The van der Waals surface area contributed by atoms with E-state index >= 15 is 0 Å². The second-order valence-electron chi connectivity index (χ2n) is 7.43. The van der Waals surface area contributed by atoms with Crippen LogP contribution < -0.4 is 15.8 Å². The lowest BCUT2D eigenvalue weighted by Crippen LogP contribution is -2.39. The van der Waals surface area contributed by atoms with E-state index in [-0.39, 0.29) is 18.0 Å². The minimum atomic E-state index is -0.225. The molecule has 0 atom stereocenters. The standard InChI is InChI=1S/C23H23BrN4O2/c1-16-12-22(30)28(15-21(29)25-13-18-7-4-5-9-20(18)24)23(26-16)27-11-10-17-6-2-3-8-19(17)14-27/h2-9,12H,10-11,13-15H2,1H3,(H,25,29). The number of carbonyl (C=O) groups excluding carboxylic acids is 1. The summed E-state index contributed by atoms with van der Waals surface area (Å²) in [7, 11) is 0. The van der Waals surface area contributed by atoms with Gasteiger partial charge in [0.05, 0.1) is 0 Å². The number of nitrogens with one attached hydrogen (secondary N) is 1. The number of aromatic nitrogens is 2. The average Bonchev–Trinajstić information content (AvgIpc) is 2.74.